The Hall–Kier alpha value is -2.71. The maximum atomic E-state index is 12.4. The fraction of sp³-hybridized carbons (Fsp3) is 0.389. The number of hydrogen-bond acceptors (Lipinski definition) is 7. The number of esters is 1. The molecule has 1 aromatic heterocycles. The summed E-state index contributed by atoms with van der Waals surface area (Å²) in [6.07, 6.45) is -0.139. The van der Waals surface area contributed by atoms with Crippen molar-refractivity contribution in [2.75, 3.05) is 6.61 Å². The van der Waals surface area contributed by atoms with Crippen molar-refractivity contribution in [2.45, 2.75) is 38.7 Å². The Kier molecular flexibility index (Phi) is 5.34. The number of ether oxygens (including phenoxy) is 3. The van der Waals surface area contributed by atoms with E-state index in [9.17, 15) is 14.7 Å². The van der Waals surface area contributed by atoms with Crippen molar-refractivity contribution in [1.29, 1.82) is 0 Å². The predicted molar refractivity (Wildman–Crippen MR) is 90.9 cm³/mol. The number of benzene rings is 1. The fourth-order valence-corrected chi connectivity index (χ4v) is 2.83. The van der Waals surface area contributed by atoms with E-state index in [4.69, 9.17) is 14.2 Å². The second kappa shape index (κ2) is 7.67. The largest absolute Gasteiger partial charge is 0.460 e. The highest BCUT2D eigenvalue weighted by Crippen LogP contribution is 2.31. The Morgan fingerprint density at radius 1 is 1.38 bits per heavy atom. The number of para-hydroxylation sites is 1. The van der Waals surface area contributed by atoms with E-state index in [0.29, 0.717) is 11.3 Å². The molecule has 1 N–H and O–H groups in total. The summed E-state index contributed by atoms with van der Waals surface area (Å²) in [6, 6.07) is 9.04. The van der Waals surface area contributed by atoms with E-state index in [1.807, 2.05) is 18.2 Å². The third-order valence-electron chi connectivity index (χ3n) is 4.03. The van der Waals surface area contributed by atoms with E-state index in [0.717, 1.165) is 0 Å². The van der Waals surface area contributed by atoms with E-state index >= 15 is 0 Å². The van der Waals surface area contributed by atoms with Crippen molar-refractivity contribution in [3.05, 3.63) is 52.6 Å². The average molecular weight is 360 g/mol. The van der Waals surface area contributed by atoms with Crippen LogP contribution in [0.15, 0.2) is 41.3 Å². The molecule has 1 aromatic carbocycles. The van der Waals surface area contributed by atoms with E-state index in [1.165, 1.54) is 11.5 Å². The SMILES string of the molecule is CC(=O)O[C@H]1C[C@H](n2cc(C)c(Oc3ccccc3)nc2=O)O[C@@H]1CO. The smallest absolute Gasteiger partial charge is 0.353 e. The molecule has 8 heteroatoms. The van der Waals surface area contributed by atoms with Gasteiger partial charge in [-0.3, -0.25) is 9.36 Å². The second-order valence-corrected chi connectivity index (χ2v) is 6.03. The molecular weight excluding hydrogens is 340 g/mol. The minimum absolute atomic E-state index is 0.214. The van der Waals surface area contributed by atoms with Crippen molar-refractivity contribution in [3.8, 4) is 11.6 Å². The minimum atomic E-state index is -0.684. The molecule has 0 aliphatic carbocycles. The van der Waals surface area contributed by atoms with E-state index in [-0.39, 0.29) is 18.9 Å². The molecule has 0 unspecified atom stereocenters. The molecule has 2 aromatic rings. The second-order valence-electron chi connectivity index (χ2n) is 6.03. The van der Waals surface area contributed by atoms with Crippen molar-refractivity contribution in [1.82, 2.24) is 9.55 Å². The van der Waals surface area contributed by atoms with Gasteiger partial charge in [0.15, 0.2) is 0 Å². The average Bonchev–Trinajstić information content (AvgIpc) is 3.00. The molecule has 1 aliphatic heterocycles. The van der Waals surface area contributed by atoms with Crippen LogP contribution in [0.3, 0.4) is 0 Å². The summed E-state index contributed by atoms with van der Waals surface area (Å²) >= 11 is 0. The zero-order chi connectivity index (χ0) is 18.7. The predicted octanol–water partition coefficient (Wildman–Crippen LogP) is 1.56. The van der Waals surface area contributed by atoms with Crippen LogP contribution in [0.25, 0.3) is 0 Å². The van der Waals surface area contributed by atoms with E-state index < -0.39 is 30.1 Å². The summed E-state index contributed by atoms with van der Waals surface area (Å²) in [5, 5.41) is 9.41. The highest BCUT2D eigenvalue weighted by Gasteiger charge is 2.38. The van der Waals surface area contributed by atoms with E-state index in [2.05, 4.69) is 4.98 Å². The van der Waals surface area contributed by atoms with Gasteiger partial charge >= 0.3 is 11.7 Å². The van der Waals surface area contributed by atoms with Crippen molar-refractivity contribution in [3.63, 3.8) is 0 Å². The quantitative estimate of drug-likeness (QED) is 0.808. The fourth-order valence-electron chi connectivity index (χ4n) is 2.83. The van der Waals surface area contributed by atoms with Crippen molar-refractivity contribution >= 4 is 5.97 Å². The van der Waals surface area contributed by atoms with Gasteiger partial charge in [0.1, 0.15) is 24.2 Å². The van der Waals surface area contributed by atoms with Crippen LogP contribution in [-0.4, -0.2) is 39.4 Å². The number of aliphatic hydroxyl groups excluding tert-OH is 1. The van der Waals surface area contributed by atoms with Crippen LogP contribution in [0.2, 0.25) is 0 Å². The minimum Gasteiger partial charge on any atom is -0.460 e. The standard InChI is InChI=1S/C18H20N2O6/c1-11-9-20(16-8-14(24-12(2)22)15(10-21)26-16)18(23)19-17(11)25-13-6-4-3-5-7-13/h3-7,9,14-16,21H,8,10H2,1-2H3/t14-,15+,16+/m0/s1. The lowest BCUT2D eigenvalue weighted by Gasteiger charge is -2.16. The number of aromatic nitrogens is 2. The molecule has 1 aliphatic rings. The summed E-state index contributed by atoms with van der Waals surface area (Å²) in [4.78, 5) is 27.6. The Labute approximate surface area is 150 Å². The third-order valence-corrected chi connectivity index (χ3v) is 4.03. The van der Waals surface area contributed by atoms with Gasteiger partial charge in [-0.2, -0.15) is 4.98 Å². The number of nitrogens with zero attached hydrogens (tertiary/aromatic N) is 2. The van der Waals surface area contributed by atoms with Crippen LogP contribution in [-0.2, 0) is 14.3 Å². The van der Waals surface area contributed by atoms with Crippen LogP contribution < -0.4 is 10.4 Å². The summed E-state index contributed by atoms with van der Waals surface area (Å²) in [6.45, 7) is 2.74. The Morgan fingerprint density at radius 2 is 2.12 bits per heavy atom. The van der Waals surface area contributed by atoms with Gasteiger partial charge in [-0.05, 0) is 19.1 Å². The van der Waals surface area contributed by atoms with Crippen molar-refractivity contribution < 1.29 is 24.1 Å². The van der Waals surface area contributed by atoms with Crippen LogP contribution in [0.4, 0.5) is 0 Å². The number of rotatable bonds is 5. The van der Waals surface area contributed by atoms with Crippen LogP contribution >= 0.6 is 0 Å². The lowest BCUT2D eigenvalue weighted by atomic mass is 10.2. The summed E-state index contributed by atoms with van der Waals surface area (Å²) in [7, 11) is 0. The molecule has 138 valence electrons. The molecule has 3 rings (SSSR count). The van der Waals surface area contributed by atoms with Gasteiger partial charge in [-0.25, -0.2) is 4.79 Å². The first-order valence-electron chi connectivity index (χ1n) is 8.24. The zero-order valence-electron chi connectivity index (χ0n) is 14.5. The number of aliphatic hydroxyl groups is 1. The van der Waals surface area contributed by atoms with Crippen LogP contribution in [0, 0.1) is 6.92 Å². The number of carbonyl (C=O) groups is 1. The van der Waals surface area contributed by atoms with Crippen molar-refractivity contribution in [2.24, 2.45) is 0 Å². The molecule has 8 nitrogen and oxygen atoms in total. The number of carbonyl (C=O) groups excluding carboxylic acids is 1. The lowest BCUT2D eigenvalue weighted by molar-refractivity contribution is -0.150. The van der Waals surface area contributed by atoms with Gasteiger partial charge in [0.05, 0.1) is 6.61 Å². The Balaban J connectivity index is 1.82. The zero-order valence-corrected chi connectivity index (χ0v) is 14.5. The molecule has 26 heavy (non-hydrogen) atoms. The molecule has 0 saturated carbocycles. The summed E-state index contributed by atoms with van der Waals surface area (Å²) in [5.74, 6) is 0.323. The molecular formula is C18H20N2O6. The highest BCUT2D eigenvalue weighted by atomic mass is 16.6. The topological polar surface area (TPSA) is 99.9 Å². The number of aryl methyl sites for hydroxylation is 1. The van der Waals surface area contributed by atoms with E-state index in [1.54, 1.807) is 25.3 Å². The maximum absolute atomic E-state index is 12.4. The number of hydrogen-bond donors (Lipinski definition) is 1. The molecule has 0 spiro atoms. The van der Waals surface area contributed by atoms with Gasteiger partial charge in [0.2, 0.25) is 5.88 Å². The first-order valence-corrected chi connectivity index (χ1v) is 8.24. The van der Waals surface area contributed by atoms with Gasteiger partial charge in [0.25, 0.3) is 0 Å². The molecule has 0 bridgehead atoms. The monoisotopic (exact) mass is 360 g/mol. The maximum Gasteiger partial charge on any atom is 0.353 e. The first-order chi connectivity index (χ1) is 12.5. The Bertz CT molecular complexity index is 835. The highest BCUT2D eigenvalue weighted by molar-refractivity contribution is 5.66. The van der Waals surface area contributed by atoms with Crippen LogP contribution in [0.1, 0.15) is 25.1 Å². The summed E-state index contributed by atoms with van der Waals surface area (Å²) < 4.78 is 17.8. The molecule has 0 amide bonds. The lowest BCUT2D eigenvalue weighted by Crippen LogP contribution is -2.29. The normalized spacial score (nSPS) is 22.2. The molecule has 3 atom stereocenters. The van der Waals surface area contributed by atoms with Gasteiger partial charge in [0, 0.05) is 25.1 Å². The van der Waals surface area contributed by atoms with Gasteiger partial charge in [-0.1, -0.05) is 18.2 Å². The third kappa shape index (κ3) is 3.92. The van der Waals surface area contributed by atoms with Gasteiger partial charge in [-0.15, -0.1) is 0 Å². The summed E-state index contributed by atoms with van der Waals surface area (Å²) in [5.41, 5.74) is 0.0974. The molecule has 1 saturated heterocycles. The van der Waals surface area contributed by atoms with Gasteiger partial charge < -0.3 is 19.3 Å². The first kappa shape index (κ1) is 18.1. The molecule has 1 fully saturated rings. The Morgan fingerprint density at radius 3 is 2.77 bits per heavy atom. The molecule has 0 radical (unpaired) electrons. The van der Waals surface area contributed by atoms with Crippen LogP contribution in [0.5, 0.6) is 11.6 Å². The molecule has 2 heterocycles.